The lowest BCUT2D eigenvalue weighted by Gasteiger charge is -2.37. The van der Waals surface area contributed by atoms with Crippen LogP contribution in [-0.4, -0.2) is 59.2 Å². The van der Waals surface area contributed by atoms with Crippen LogP contribution < -0.4 is 0 Å². The Morgan fingerprint density at radius 3 is 1.15 bits per heavy atom. The van der Waals surface area contributed by atoms with Crippen LogP contribution in [0.2, 0.25) is 0 Å². The van der Waals surface area contributed by atoms with Crippen LogP contribution in [0.3, 0.4) is 0 Å². The van der Waals surface area contributed by atoms with Crippen molar-refractivity contribution in [3.8, 4) is 0 Å². The summed E-state index contributed by atoms with van der Waals surface area (Å²) in [6.45, 7) is 16.6. The lowest BCUT2D eigenvalue weighted by Crippen LogP contribution is -2.43. The molecule has 0 aliphatic carbocycles. The Morgan fingerprint density at radius 1 is 0.650 bits per heavy atom. The van der Waals surface area contributed by atoms with E-state index in [4.69, 9.17) is 9.47 Å². The Kier molecular flexibility index (Phi) is 8.86. The van der Waals surface area contributed by atoms with Crippen LogP contribution in [0.1, 0.15) is 41.5 Å². The van der Waals surface area contributed by atoms with Gasteiger partial charge in [-0.25, -0.2) is 8.61 Å². The quantitative estimate of drug-likeness (QED) is 0.583. The molecule has 0 radical (unpaired) electrons. The zero-order valence-corrected chi connectivity index (χ0v) is 15.3. The molecule has 4 atom stereocenters. The standard InChI is InChI=1S/C12H24N2O2S2.C2H6/c1-9-5-13(6-10(2)15-9)17-18-14-7-11(3)16-12(4)8-14;1-2/h9-12H,5-8H2,1-4H3;1-2H3. The van der Waals surface area contributed by atoms with Gasteiger partial charge in [-0.1, -0.05) is 13.8 Å². The zero-order valence-electron chi connectivity index (χ0n) is 13.7. The smallest absolute Gasteiger partial charge is 0.0687 e. The first-order valence-corrected chi connectivity index (χ1v) is 9.75. The Bertz CT molecular complexity index is 226. The molecule has 2 fully saturated rings. The van der Waals surface area contributed by atoms with Gasteiger partial charge in [-0.15, -0.1) is 0 Å². The van der Waals surface area contributed by atoms with E-state index in [1.165, 1.54) is 0 Å². The van der Waals surface area contributed by atoms with E-state index >= 15 is 0 Å². The summed E-state index contributed by atoms with van der Waals surface area (Å²) < 4.78 is 16.3. The highest BCUT2D eigenvalue weighted by Gasteiger charge is 2.26. The summed E-state index contributed by atoms with van der Waals surface area (Å²) >= 11 is 0. The summed E-state index contributed by atoms with van der Waals surface area (Å²) in [5.74, 6) is 0. The predicted octanol–water partition coefficient (Wildman–Crippen LogP) is 3.44. The number of hydrogen-bond acceptors (Lipinski definition) is 6. The van der Waals surface area contributed by atoms with Gasteiger partial charge in [0.05, 0.1) is 24.4 Å². The highest BCUT2D eigenvalue weighted by molar-refractivity contribution is 8.74. The van der Waals surface area contributed by atoms with Crippen LogP contribution in [0, 0.1) is 0 Å². The molecular weight excluding hydrogens is 292 g/mol. The third kappa shape index (κ3) is 6.54. The minimum atomic E-state index is 0.337. The second kappa shape index (κ2) is 9.54. The zero-order chi connectivity index (χ0) is 15.1. The molecule has 0 N–H and O–H groups in total. The minimum absolute atomic E-state index is 0.337. The van der Waals surface area contributed by atoms with Crippen molar-refractivity contribution in [2.75, 3.05) is 26.2 Å². The summed E-state index contributed by atoms with van der Waals surface area (Å²) in [7, 11) is 3.71. The number of ether oxygens (including phenoxy) is 2. The van der Waals surface area contributed by atoms with E-state index in [1.807, 2.05) is 35.8 Å². The Hall–Kier alpha value is 0.540. The van der Waals surface area contributed by atoms with Crippen LogP contribution in [-0.2, 0) is 9.47 Å². The van der Waals surface area contributed by atoms with Crippen molar-refractivity contribution in [2.45, 2.75) is 66.0 Å². The largest absolute Gasteiger partial charge is 0.373 e. The fourth-order valence-electron chi connectivity index (χ4n) is 2.48. The lowest BCUT2D eigenvalue weighted by molar-refractivity contribution is -0.0424. The monoisotopic (exact) mass is 322 g/mol. The third-order valence-corrected chi connectivity index (χ3v) is 5.57. The highest BCUT2D eigenvalue weighted by atomic mass is 33.1. The Balaban J connectivity index is 0.000000956. The van der Waals surface area contributed by atoms with Gasteiger partial charge in [-0.2, -0.15) is 0 Å². The van der Waals surface area contributed by atoms with Gasteiger partial charge in [0.15, 0.2) is 0 Å². The Morgan fingerprint density at radius 2 is 0.900 bits per heavy atom. The first kappa shape index (κ1) is 18.6. The SMILES string of the molecule is CC.CC1CN(SSN2CC(C)OC(C)C2)CC(C)O1. The molecule has 2 heterocycles. The first-order chi connectivity index (χ1) is 9.52. The van der Waals surface area contributed by atoms with E-state index in [2.05, 4.69) is 36.3 Å². The van der Waals surface area contributed by atoms with Crippen molar-refractivity contribution in [3.05, 3.63) is 0 Å². The number of nitrogens with zero attached hydrogens (tertiary/aromatic N) is 2. The maximum atomic E-state index is 5.74. The molecule has 6 heteroatoms. The molecule has 20 heavy (non-hydrogen) atoms. The summed E-state index contributed by atoms with van der Waals surface area (Å²) in [4.78, 5) is 0. The van der Waals surface area contributed by atoms with Gasteiger partial charge in [-0.05, 0) is 27.7 Å². The second-order valence-electron chi connectivity index (χ2n) is 5.36. The minimum Gasteiger partial charge on any atom is -0.373 e. The van der Waals surface area contributed by atoms with Gasteiger partial charge in [0.2, 0.25) is 0 Å². The lowest BCUT2D eigenvalue weighted by atomic mass is 10.3. The van der Waals surface area contributed by atoms with E-state index in [9.17, 15) is 0 Å². The van der Waals surface area contributed by atoms with E-state index in [0.29, 0.717) is 24.4 Å². The molecule has 0 aromatic heterocycles. The van der Waals surface area contributed by atoms with Crippen LogP contribution in [0.15, 0.2) is 0 Å². The number of hydrogen-bond donors (Lipinski definition) is 0. The molecular formula is C14H30N2O2S2. The molecule has 4 nitrogen and oxygen atoms in total. The number of rotatable bonds is 3. The van der Waals surface area contributed by atoms with Crippen molar-refractivity contribution < 1.29 is 9.47 Å². The van der Waals surface area contributed by atoms with Gasteiger partial charge < -0.3 is 9.47 Å². The molecule has 0 saturated carbocycles. The summed E-state index contributed by atoms with van der Waals surface area (Å²) in [5.41, 5.74) is 0. The van der Waals surface area contributed by atoms with Crippen LogP contribution in [0.5, 0.6) is 0 Å². The fourth-order valence-corrected chi connectivity index (χ4v) is 5.05. The fraction of sp³-hybridized carbons (Fsp3) is 1.00. The maximum Gasteiger partial charge on any atom is 0.0687 e. The molecule has 2 saturated heterocycles. The van der Waals surface area contributed by atoms with Crippen molar-refractivity contribution in [2.24, 2.45) is 0 Å². The molecule has 0 amide bonds. The van der Waals surface area contributed by atoms with E-state index in [1.54, 1.807) is 0 Å². The molecule has 2 aliphatic heterocycles. The van der Waals surface area contributed by atoms with Crippen LogP contribution >= 0.6 is 22.0 Å². The van der Waals surface area contributed by atoms with Gasteiger partial charge in [-0.3, -0.25) is 0 Å². The maximum absolute atomic E-state index is 5.74. The summed E-state index contributed by atoms with van der Waals surface area (Å²) in [6, 6.07) is 0. The highest BCUT2D eigenvalue weighted by Crippen LogP contribution is 2.33. The normalized spacial score (nSPS) is 36.3. The second-order valence-corrected chi connectivity index (χ2v) is 7.58. The molecule has 2 rings (SSSR count). The average Bonchev–Trinajstić information content (AvgIpc) is 2.36. The molecule has 120 valence electrons. The topological polar surface area (TPSA) is 24.9 Å². The van der Waals surface area contributed by atoms with Gasteiger partial charge in [0.1, 0.15) is 0 Å². The summed E-state index contributed by atoms with van der Waals surface area (Å²) in [6.07, 6.45) is 1.35. The predicted molar refractivity (Wildman–Crippen MR) is 89.7 cm³/mol. The van der Waals surface area contributed by atoms with E-state index < -0.39 is 0 Å². The first-order valence-electron chi connectivity index (χ1n) is 7.68. The van der Waals surface area contributed by atoms with Crippen molar-refractivity contribution in [1.29, 1.82) is 0 Å². The van der Waals surface area contributed by atoms with Crippen molar-refractivity contribution in [1.82, 2.24) is 8.61 Å². The van der Waals surface area contributed by atoms with Crippen LogP contribution in [0.25, 0.3) is 0 Å². The molecule has 0 bridgehead atoms. The van der Waals surface area contributed by atoms with E-state index in [-0.39, 0.29) is 0 Å². The van der Waals surface area contributed by atoms with E-state index in [0.717, 1.165) is 26.2 Å². The van der Waals surface area contributed by atoms with Gasteiger partial charge >= 0.3 is 0 Å². The van der Waals surface area contributed by atoms with Gasteiger partial charge in [0, 0.05) is 48.1 Å². The molecule has 0 aromatic rings. The number of morpholine rings is 2. The summed E-state index contributed by atoms with van der Waals surface area (Å²) in [5, 5.41) is 0. The Labute approximate surface area is 132 Å². The molecule has 2 aliphatic rings. The van der Waals surface area contributed by atoms with Gasteiger partial charge in [0.25, 0.3) is 0 Å². The van der Waals surface area contributed by atoms with Crippen LogP contribution in [0.4, 0.5) is 0 Å². The molecule has 0 aromatic carbocycles. The third-order valence-electron chi connectivity index (χ3n) is 3.02. The molecule has 4 unspecified atom stereocenters. The molecule has 0 spiro atoms. The average molecular weight is 323 g/mol. The van der Waals surface area contributed by atoms with Crippen molar-refractivity contribution in [3.63, 3.8) is 0 Å². The van der Waals surface area contributed by atoms with Crippen molar-refractivity contribution >= 4 is 22.0 Å².